The molecule has 0 saturated carbocycles. The molecule has 0 aliphatic heterocycles. The van der Waals surface area contributed by atoms with E-state index in [-0.39, 0.29) is 6.54 Å². The molecule has 1 unspecified atom stereocenters. The predicted octanol–water partition coefficient (Wildman–Crippen LogP) is -0.573. The largest absolute Gasteiger partial charge is 0.382 e. The van der Waals surface area contributed by atoms with Crippen LogP contribution in [0.4, 0.5) is 0 Å². The number of carbonyl (C=O) groups excluding carboxylic acids is 1. The van der Waals surface area contributed by atoms with Crippen molar-refractivity contribution in [1.29, 1.82) is 0 Å². The van der Waals surface area contributed by atoms with Gasteiger partial charge in [-0.2, -0.15) is 5.10 Å². The number of aliphatic hydroxyl groups is 1. The summed E-state index contributed by atoms with van der Waals surface area (Å²) in [5.41, 5.74) is 6.77. The normalized spacial score (nSPS) is 12.8. The summed E-state index contributed by atoms with van der Waals surface area (Å²) in [4.78, 5) is 10.6. The van der Waals surface area contributed by atoms with Crippen LogP contribution in [0, 0.1) is 6.92 Å². The number of amides is 1. The number of hydrogen-bond donors (Lipinski definition) is 3. The molecule has 1 atom stereocenters. The van der Waals surface area contributed by atoms with Crippen LogP contribution in [0.2, 0.25) is 0 Å². The lowest BCUT2D eigenvalue weighted by Crippen LogP contribution is -2.37. The fraction of sp³-hybridized carbons (Fsp3) is 0.556. The molecule has 1 amide bonds. The first-order chi connectivity index (χ1) is 7.43. The predicted molar refractivity (Wildman–Crippen MR) is 62.6 cm³/mol. The van der Waals surface area contributed by atoms with E-state index in [1.165, 1.54) is 0 Å². The highest BCUT2D eigenvalue weighted by atomic mass is 79.9. The zero-order chi connectivity index (χ0) is 12.3. The van der Waals surface area contributed by atoms with Crippen LogP contribution in [0.25, 0.3) is 0 Å². The van der Waals surface area contributed by atoms with Crippen molar-refractivity contribution in [1.82, 2.24) is 15.1 Å². The number of halogens is 1. The van der Waals surface area contributed by atoms with Crippen LogP contribution in [-0.4, -0.2) is 33.4 Å². The summed E-state index contributed by atoms with van der Waals surface area (Å²) in [7, 11) is 1.83. The fourth-order valence-electron chi connectivity index (χ4n) is 1.30. The second kappa shape index (κ2) is 5.42. The van der Waals surface area contributed by atoms with Crippen molar-refractivity contribution in [3.05, 3.63) is 15.9 Å². The van der Waals surface area contributed by atoms with Crippen molar-refractivity contribution in [3.63, 3.8) is 0 Å². The smallest absolute Gasteiger partial charge is 0.247 e. The molecule has 4 N–H and O–H groups in total. The molecular weight excluding hydrogens is 276 g/mol. The average molecular weight is 291 g/mol. The first-order valence-corrected chi connectivity index (χ1v) is 5.58. The van der Waals surface area contributed by atoms with Crippen LogP contribution in [0.1, 0.15) is 11.4 Å². The maximum Gasteiger partial charge on any atom is 0.247 e. The van der Waals surface area contributed by atoms with E-state index < -0.39 is 12.0 Å². The standard InChI is InChI=1S/C9H15BrN4O2/c1-5-8(10)6(14(2)13-5)3-12-4-7(15)9(11)16/h7,12,15H,3-4H2,1-2H3,(H2,11,16). The number of aromatic nitrogens is 2. The maximum absolute atomic E-state index is 10.6. The molecule has 0 saturated heterocycles. The minimum Gasteiger partial charge on any atom is -0.382 e. The second-order valence-electron chi connectivity index (χ2n) is 3.52. The van der Waals surface area contributed by atoms with Crippen molar-refractivity contribution in [3.8, 4) is 0 Å². The van der Waals surface area contributed by atoms with Crippen LogP contribution in [0.5, 0.6) is 0 Å². The van der Waals surface area contributed by atoms with E-state index >= 15 is 0 Å². The molecule has 0 aromatic carbocycles. The summed E-state index contributed by atoms with van der Waals surface area (Å²) >= 11 is 3.42. The number of aryl methyl sites for hydroxylation is 2. The molecule has 1 aromatic rings. The number of hydrogen-bond acceptors (Lipinski definition) is 4. The van der Waals surface area contributed by atoms with Gasteiger partial charge in [0.2, 0.25) is 5.91 Å². The van der Waals surface area contributed by atoms with Gasteiger partial charge in [-0.1, -0.05) is 0 Å². The number of rotatable bonds is 5. The van der Waals surface area contributed by atoms with Gasteiger partial charge >= 0.3 is 0 Å². The van der Waals surface area contributed by atoms with Gasteiger partial charge in [0.1, 0.15) is 6.10 Å². The lowest BCUT2D eigenvalue weighted by Gasteiger charge is -2.08. The number of nitrogens with two attached hydrogens (primary N) is 1. The van der Waals surface area contributed by atoms with E-state index in [2.05, 4.69) is 26.3 Å². The Kier molecular flexibility index (Phi) is 4.45. The Hall–Kier alpha value is -0.920. The van der Waals surface area contributed by atoms with Gasteiger partial charge in [0.25, 0.3) is 0 Å². The van der Waals surface area contributed by atoms with Gasteiger partial charge < -0.3 is 16.2 Å². The molecule has 0 aliphatic carbocycles. The Morgan fingerprint density at radius 3 is 2.81 bits per heavy atom. The zero-order valence-corrected chi connectivity index (χ0v) is 10.8. The molecule has 0 aliphatic rings. The quantitative estimate of drug-likeness (QED) is 0.677. The van der Waals surface area contributed by atoms with E-state index in [9.17, 15) is 9.90 Å². The summed E-state index contributed by atoms with van der Waals surface area (Å²) < 4.78 is 2.67. The van der Waals surface area contributed by atoms with E-state index in [0.717, 1.165) is 15.9 Å². The molecular formula is C9H15BrN4O2. The summed E-state index contributed by atoms with van der Waals surface area (Å²) in [6.45, 7) is 2.53. The van der Waals surface area contributed by atoms with Crippen molar-refractivity contribution in [2.24, 2.45) is 12.8 Å². The van der Waals surface area contributed by atoms with Gasteiger partial charge in [0.15, 0.2) is 0 Å². The molecule has 16 heavy (non-hydrogen) atoms. The van der Waals surface area contributed by atoms with Crippen LogP contribution in [0.15, 0.2) is 4.47 Å². The highest BCUT2D eigenvalue weighted by Crippen LogP contribution is 2.19. The highest BCUT2D eigenvalue weighted by molar-refractivity contribution is 9.10. The Bertz CT molecular complexity index is 391. The Morgan fingerprint density at radius 1 is 1.75 bits per heavy atom. The third-order valence-corrected chi connectivity index (χ3v) is 3.25. The van der Waals surface area contributed by atoms with Crippen molar-refractivity contribution in [2.75, 3.05) is 6.54 Å². The number of carbonyl (C=O) groups is 1. The number of nitrogens with zero attached hydrogens (tertiary/aromatic N) is 2. The molecule has 90 valence electrons. The van der Waals surface area contributed by atoms with Gasteiger partial charge in [0, 0.05) is 20.1 Å². The van der Waals surface area contributed by atoms with E-state index in [1.54, 1.807) is 4.68 Å². The maximum atomic E-state index is 10.6. The van der Waals surface area contributed by atoms with Crippen molar-refractivity contribution < 1.29 is 9.90 Å². The van der Waals surface area contributed by atoms with Gasteiger partial charge in [-0.3, -0.25) is 9.48 Å². The summed E-state index contributed by atoms with van der Waals surface area (Å²) in [5, 5.41) is 16.3. The van der Waals surface area contributed by atoms with Crippen LogP contribution in [-0.2, 0) is 18.4 Å². The first-order valence-electron chi connectivity index (χ1n) is 4.79. The second-order valence-corrected chi connectivity index (χ2v) is 4.31. The molecule has 0 spiro atoms. The average Bonchev–Trinajstić information content (AvgIpc) is 2.44. The van der Waals surface area contributed by atoms with Gasteiger partial charge in [-0.25, -0.2) is 0 Å². The van der Waals surface area contributed by atoms with Gasteiger partial charge in [-0.05, 0) is 22.9 Å². The molecule has 7 heteroatoms. The SMILES string of the molecule is Cc1nn(C)c(CNCC(O)C(N)=O)c1Br. The third kappa shape index (κ3) is 3.03. The monoisotopic (exact) mass is 290 g/mol. The van der Waals surface area contributed by atoms with E-state index in [4.69, 9.17) is 5.73 Å². The summed E-state index contributed by atoms with van der Waals surface area (Å²) in [6, 6.07) is 0. The number of primary amides is 1. The van der Waals surface area contributed by atoms with Gasteiger partial charge in [-0.15, -0.1) is 0 Å². The molecule has 6 nitrogen and oxygen atoms in total. The number of nitrogens with one attached hydrogen (secondary N) is 1. The van der Waals surface area contributed by atoms with Crippen molar-refractivity contribution in [2.45, 2.75) is 19.6 Å². The third-order valence-electron chi connectivity index (χ3n) is 2.22. The molecule has 1 rings (SSSR count). The van der Waals surface area contributed by atoms with Gasteiger partial charge in [0.05, 0.1) is 15.9 Å². The number of aliphatic hydroxyl groups excluding tert-OH is 1. The lowest BCUT2D eigenvalue weighted by atomic mass is 10.3. The van der Waals surface area contributed by atoms with Crippen LogP contribution >= 0.6 is 15.9 Å². The fourth-order valence-corrected chi connectivity index (χ4v) is 1.78. The molecule has 1 heterocycles. The molecule has 0 fully saturated rings. The van der Waals surface area contributed by atoms with Crippen LogP contribution < -0.4 is 11.1 Å². The van der Waals surface area contributed by atoms with E-state index in [0.29, 0.717) is 6.54 Å². The topological polar surface area (TPSA) is 93.2 Å². The molecule has 0 bridgehead atoms. The van der Waals surface area contributed by atoms with Crippen molar-refractivity contribution >= 4 is 21.8 Å². The Labute approximate surface area is 102 Å². The lowest BCUT2D eigenvalue weighted by molar-refractivity contribution is -0.125. The summed E-state index contributed by atoms with van der Waals surface area (Å²) in [6.07, 6.45) is -1.16. The Morgan fingerprint density at radius 2 is 2.38 bits per heavy atom. The zero-order valence-electron chi connectivity index (χ0n) is 9.20. The molecule has 0 radical (unpaired) electrons. The minimum absolute atomic E-state index is 0.131. The van der Waals surface area contributed by atoms with Crippen LogP contribution in [0.3, 0.4) is 0 Å². The Balaban J connectivity index is 2.52. The molecule has 1 aromatic heterocycles. The van der Waals surface area contributed by atoms with E-state index in [1.807, 2.05) is 14.0 Å². The first kappa shape index (κ1) is 13.1. The highest BCUT2D eigenvalue weighted by Gasteiger charge is 2.13. The summed E-state index contributed by atoms with van der Waals surface area (Å²) in [5.74, 6) is -0.729. The minimum atomic E-state index is -1.16.